The fourth-order valence-corrected chi connectivity index (χ4v) is 5.12. The quantitative estimate of drug-likeness (QED) is 0.441. The van der Waals surface area contributed by atoms with Gasteiger partial charge < -0.3 is 0 Å². The molecule has 2 atom stereocenters. The molecule has 1 heterocycles. The largest absolute Gasteiger partial charge is 0.217 e. The van der Waals surface area contributed by atoms with E-state index in [1.54, 1.807) is 0 Å². The molecule has 0 N–H and O–H groups in total. The molecule has 1 aliphatic rings. The van der Waals surface area contributed by atoms with Crippen LogP contribution in [0.15, 0.2) is 0 Å². The zero-order valence-corrected chi connectivity index (χ0v) is 8.83. The zero-order valence-electron chi connectivity index (χ0n) is 7.20. The van der Waals surface area contributed by atoms with Crippen LogP contribution >= 0.6 is 10.8 Å². The lowest BCUT2D eigenvalue weighted by molar-refractivity contribution is 0.356. The van der Waals surface area contributed by atoms with Gasteiger partial charge in [0.15, 0.2) is 0 Å². The van der Waals surface area contributed by atoms with Crippen LogP contribution in [0.3, 0.4) is 0 Å². The van der Waals surface area contributed by atoms with Gasteiger partial charge in [-0.25, -0.2) is 8.42 Å². The fourth-order valence-electron chi connectivity index (χ4n) is 1.08. The van der Waals surface area contributed by atoms with Crippen molar-refractivity contribution in [1.29, 1.82) is 0 Å². The molecule has 0 aromatic rings. The Morgan fingerprint density at radius 1 is 1.67 bits per heavy atom. The van der Waals surface area contributed by atoms with Gasteiger partial charge in [0.05, 0.1) is 5.75 Å². The number of terminal acetylenes is 1. The second-order valence-electron chi connectivity index (χ2n) is 3.45. The molecule has 4 heteroatoms. The van der Waals surface area contributed by atoms with Gasteiger partial charge in [0.2, 0.25) is 8.87 Å². The first-order valence-corrected chi connectivity index (χ1v) is 6.90. The first-order chi connectivity index (χ1) is 5.40. The van der Waals surface area contributed by atoms with Gasteiger partial charge in [-0.2, -0.15) is 0 Å². The van der Waals surface area contributed by atoms with E-state index in [2.05, 4.69) is 5.92 Å². The zero-order chi connectivity index (χ0) is 9.41. The van der Waals surface area contributed by atoms with Crippen molar-refractivity contribution in [3.63, 3.8) is 0 Å². The molecule has 0 aromatic heterocycles. The molecule has 0 aliphatic carbocycles. The van der Waals surface area contributed by atoms with Gasteiger partial charge in [-0.1, -0.05) is 12.8 Å². The maximum absolute atomic E-state index is 11.2. The van der Waals surface area contributed by atoms with E-state index >= 15 is 0 Å². The predicted octanol–water partition coefficient (Wildman–Crippen LogP) is 1.34. The lowest BCUT2D eigenvalue weighted by Gasteiger charge is -2.33. The molecule has 2 unspecified atom stereocenters. The summed E-state index contributed by atoms with van der Waals surface area (Å²) in [4.78, 5) is 0. The Hall–Kier alpha value is -0.140. The summed E-state index contributed by atoms with van der Waals surface area (Å²) in [6.07, 6.45) is 5.36. The van der Waals surface area contributed by atoms with Crippen molar-refractivity contribution in [1.82, 2.24) is 0 Å². The van der Waals surface area contributed by atoms with Crippen LogP contribution in [-0.4, -0.2) is 19.9 Å². The van der Waals surface area contributed by atoms with Crippen molar-refractivity contribution < 1.29 is 8.42 Å². The molecule has 1 aliphatic heterocycles. The van der Waals surface area contributed by atoms with Crippen LogP contribution in [0.1, 0.15) is 13.8 Å². The smallest absolute Gasteiger partial charge is 0.201 e. The molecule has 1 saturated heterocycles. The molecular formula is C8H12O2S2. The molecule has 0 aromatic carbocycles. The second kappa shape index (κ2) is 2.97. The highest BCUT2D eigenvalue weighted by molar-refractivity contribution is 8.72. The van der Waals surface area contributed by atoms with E-state index in [1.165, 1.54) is 0 Å². The summed E-state index contributed by atoms with van der Waals surface area (Å²) >= 11 is 0. The number of hydrogen-bond donors (Lipinski definition) is 0. The predicted molar refractivity (Wildman–Crippen MR) is 52.3 cm³/mol. The van der Waals surface area contributed by atoms with Crippen molar-refractivity contribution >= 4 is 19.7 Å². The molecule has 12 heavy (non-hydrogen) atoms. The van der Waals surface area contributed by atoms with Crippen LogP contribution < -0.4 is 0 Å². The first kappa shape index (κ1) is 9.94. The van der Waals surface area contributed by atoms with Gasteiger partial charge in [-0.3, -0.25) is 0 Å². The van der Waals surface area contributed by atoms with Gasteiger partial charge in [-0.05, 0) is 23.6 Å². The second-order valence-corrected chi connectivity index (χ2v) is 7.65. The van der Waals surface area contributed by atoms with Gasteiger partial charge in [0, 0.05) is 11.2 Å². The van der Waals surface area contributed by atoms with Crippen LogP contribution in [0.4, 0.5) is 0 Å². The minimum atomic E-state index is -2.89. The molecule has 1 rings (SSSR count). The summed E-state index contributed by atoms with van der Waals surface area (Å²) in [5, 5.41) is 0. The van der Waals surface area contributed by atoms with E-state index in [1.807, 2.05) is 13.8 Å². The highest BCUT2D eigenvalue weighted by Gasteiger charge is 2.38. The SMILES string of the molecule is C#CC1(C)CSS(=O)(=O)CC1C. The Morgan fingerprint density at radius 2 is 2.25 bits per heavy atom. The average molecular weight is 204 g/mol. The van der Waals surface area contributed by atoms with E-state index in [9.17, 15) is 8.42 Å². The highest BCUT2D eigenvalue weighted by Crippen LogP contribution is 2.39. The third-order valence-electron chi connectivity index (χ3n) is 2.41. The van der Waals surface area contributed by atoms with Crippen molar-refractivity contribution in [3.8, 4) is 12.3 Å². The van der Waals surface area contributed by atoms with Crippen molar-refractivity contribution in [3.05, 3.63) is 0 Å². The molecule has 0 bridgehead atoms. The van der Waals surface area contributed by atoms with E-state index in [4.69, 9.17) is 6.42 Å². The monoisotopic (exact) mass is 204 g/mol. The minimum absolute atomic E-state index is 0.0637. The fraction of sp³-hybridized carbons (Fsp3) is 0.750. The summed E-state index contributed by atoms with van der Waals surface area (Å²) in [6, 6.07) is 0. The molecule has 0 saturated carbocycles. The van der Waals surface area contributed by atoms with Crippen molar-refractivity contribution in [2.45, 2.75) is 13.8 Å². The van der Waals surface area contributed by atoms with Crippen LogP contribution in [-0.2, 0) is 8.87 Å². The van der Waals surface area contributed by atoms with E-state index in [0.717, 1.165) is 10.8 Å². The maximum Gasteiger partial charge on any atom is 0.201 e. The van der Waals surface area contributed by atoms with Crippen LogP contribution in [0.25, 0.3) is 0 Å². The van der Waals surface area contributed by atoms with Crippen LogP contribution in [0, 0.1) is 23.7 Å². The lowest BCUT2D eigenvalue weighted by Crippen LogP contribution is -2.35. The molecular weight excluding hydrogens is 192 g/mol. The Kier molecular flexibility index (Phi) is 2.46. The minimum Gasteiger partial charge on any atom is -0.217 e. The molecule has 0 radical (unpaired) electrons. The lowest BCUT2D eigenvalue weighted by atomic mass is 9.82. The number of rotatable bonds is 0. The van der Waals surface area contributed by atoms with Crippen molar-refractivity contribution in [2.24, 2.45) is 11.3 Å². The molecule has 0 amide bonds. The summed E-state index contributed by atoms with van der Waals surface area (Å²) in [6.45, 7) is 3.84. The average Bonchev–Trinajstić information content (AvgIpc) is 1.97. The molecule has 1 fully saturated rings. The van der Waals surface area contributed by atoms with Crippen LogP contribution in [0.5, 0.6) is 0 Å². The van der Waals surface area contributed by atoms with E-state index in [-0.39, 0.29) is 17.1 Å². The van der Waals surface area contributed by atoms with E-state index in [0.29, 0.717) is 5.75 Å². The van der Waals surface area contributed by atoms with Crippen molar-refractivity contribution in [2.75, 3.05) is 11.5 Å². The summed E-state index contributed by atoms with van der Waals surface area (Å²) in [5.41, 5.74) is -0.254. The molecule has 68 valence electrons. The number of hydrogen-bond acceptors (Lipinski definition) is 3. The standard InChI is InChI=1S/C8H12O2S2/c1-4-8(3)6-11-12(9,10)5-7(8)2/h1,7H,5-6H2,2-3H3. The molecule has 0 spiro atoms. The van der Waals surface area contributed by atoms with E-state index < -0.39 is 8.87 Å². The maximum atomic E-state index is 11.2. The van der Waals surface area contributed by atoms with Gasteiger partial charge >= 0.3 is 0 Å². The highest BCUT2D eigenvalue weighted by atomic mass is 33.1. The third-order valence-corrected chi connectivity index (χ3v) is 6.23. The molecule has 2 nitrogen and oxygen atoms in total. The normalized spacial score (nSPS) is 40.2. The summed E-state index contributed by atoms with van der Waals surface area (Å²) < 4.78 is 22.3. The van der Waals surface area contributed by atoms with Gasteiger partial charge in [0.1, 0.15) is 0 Å². The Bertz CT molecular complexity index is 312. The summed E-state index contributed by atoms with van der Waals surface area (Å²) in [5.74, 6) is 3.47. The Morgan fingerprint density at radius 3 is 2.67 bits per heavy atom. The van der Waals surface area contributed by atoms with Gasteiger partial charge in [0.25, 0.3) is 0 Å². The topological polar surface area (TPSA) is 34.1 Å². The summed E-state index contributed by atoms with van der Waals surface area (Å²) in [7, 11) is -1.91. The Labute approximate surface area is 77.4 Å². The first-order valence-electron chi connectivity index (χ1n) is 3.74. The Balaban J connectivity index is 2.88. The van der Waals surface area contributed by atoms with Crippen LogP contribution in [0.2, 0.25) is 0 Å². The van der Waals surface area contributed by atoms with Gasteiger partial charge in [-0.15, -0.1) is 6.42 Å². The third kappa shape index (κ3) is 1.78.